The molecule has 1 aliphatic carbocycles. The summed E-state index contributed by atoms with van der Waals surface area (Å²) in [5.74, 6) is 0.00602. The van der Waals surface area contributed by atoms with E-state index in [1.807, 2.05) is 12.1 Å². The van der Waals surface area contributed by atoms with Gasteiger partial charge in [0, 0.05) is 17.5 Å². The quantitative estimate of drug-likeness (QED) is 0.451. The van der Waals surface area contributed by atoms with Gasteiger partial charge in [0.25, 0.3) is 5.69 Å². The number of nitro benzene ring substituents is 1. The second-order valence-corrected chi connectivity index (χ2v) is 4.83. The molecule has 0 heterocycles. The number of nitro groups is 1. The van der Waals surface area contributed by atoms with Crippen LogP contribution >= 0.6 is 0 Å². The third-order valence-electron chi connectivity index (χ3n) is 3.98. The highest BCUT2D eigenvalue weighted by atomic mass is 16.6. The molecule has 1 aromatic rings. The maximum atomic E-state index is 11.2. The Morgan fingerprint density at radius 1 is 1.47 bits per heavy atom. The van der Waals surface area contributed by atoms with Crippen molar-refractivity contribution in [3.8, 4) is 0 Å². The van der Waals surface area contributed by atoms with Crippen LogP contribution in [0.5, 0.6) is 0 Å². The van der Waals surface area contributed by atoms with Gasteiger partial charge in [-0.1, -0.05) is 43.2 Å². The topological polar surface area (TPSA) is 43.1 Å². The number of fused-ring (bicyclic) bond motifs is 1. The molecule has 0 aromatic heterocycles. The zero-order valence-corrected chi connectivity index (χ0v) is 11.5. The van der Waals surface area contributed by atoms with Gasteiger partial charge in [-0.2, -0.15) is 0 Å². The summed E-state index contributed by atoms with van der Waals surface area (Å²) in [4.78, 5) is 10.9. The second kappa shape index (κ2) is 5.39. The largest absolute Gasteiger partial charge is 0.273 e. The molecule has 100 valence electrons. The van der Waals surface area contributed by atoms with E-state index in [9.17, 15) is 10.1 Å². The van der Waals surface area contributed by atoms with E-state index >= 15 is 0 Å². The molecule has 2 rings (SSSR count). The van der Waals surface area contributed by atoms with Crippen molar-refractivity contribution in [3.63, 3.8) is 0 Å². The first kappa shape index (κ1) is 13.5. The molecule has 1 aromatic carbocycles. The van der Waals surface area contributed by atoms with Crippen molar-refractivity contribution < 1.29 is 4.92 Å². The summed E-state index contributed by atoms with van der Waals surface area (Å²) in [6.07, 6.45) is 4.67. The minimum absolute atomic E-state index is 0.00602. The molecular weight excluding hydrogens is 238 g/mol. The molecule has 0 spiro atoms. The predicted molar refractivity (Wildman–Crippen MR) is 77.3 cm³/mol. The number of allylic oxidation sites excluding steroid dienone is 3. The van der Waals surface area contributed by atoms with Gasteiger partial charge in [0.15, 0.2) is 0 Å². The Morgan fingerprint density at radius 3 is 2.68 bits per heavy atom. The molecule has 0 aliphatic heterocycles. The van der Waals surface area contributed by atoms with E-state index in [0.717, 1.165) is 30.4 Å². The van der Waals surface area contributed by atoms with Crippen molar-refractivity contribution >= 4 is 5.69 Å². The van der Waals surface area contributed by atoms with E-state index in [1.54, 1.807) is 12.1 Å². The van der Waals surface area contributed by atoms with Crippen LogP contribution in [0.3, 0.4) is 0 Å². The van der Waals surface area contributed by atoms with Crippen LogP contribution in [-0.2, 0) is 6.42 Å². The first-order valence-corrected chi connectivity index (χ1v) is 6.73. The van der Waals surface area contributed by atoms with Crippen molar-refractivity contribution in [1.29, 1.82) is 0 Å². The number of hydrogen-bond donors (Lipinski definition) is 0. The lowest BCUT2D eigenvalue weighted by molar-refractivity contribution is -0.385. The van der Waals surface area contributed by atoms with Crippen molar-refractivity contribution in [2.75, 3.05) is 0 Å². The Hall–Kier alpha value is -1.90. The van der Waals surface area contributed by atoms with E-state index in [-0.39, 0.29) is 16.5 Å². The van der Waals surface area contributed by atoms with E-state index in [2.05, 4.69) is 20.4 Å². The fourth-order valence-corrected chi connectivity index (χ4v) is 3.07. The van der Waals surface area contributed by atoms with Gasteiger partial charge in [-0.05, 0) is 24.8 Å². The van der Waals surface area contributed by atoms with E-state index in [1.165, 1.54) is 11.1 Å². The molecule has 3 nitrogen and oxygen atoms in total. The van der Waals surface area contributed by atoms with Crippen molar-refractivity contribution in [2.45, 2.75) is 39.0 Å². The van der Waals surface area contributed by atoms with Gasteiger partial charge >= 0.3 is 0 Å². The highest BCUT2D eigenvalue weighted by Gasteiger charge is 2.33. The summed E-state index contributed by atoms with van der Waals surface area (Å²) in [7, 11) is 0. The lowest BCUT2D eigenvalue weighted by atomic mass is 9.91. The van der Waals surface area contributed by atoms with Crippen LogP contribution in [0.25, 0.3) is 0 Å². The van der Waals surface area contributed by atoms with Gasteiger partial charge in [0.1, 0.15) is 0 Å². The Kier molecular flexibility index (Phi) is 3.84. The first-order valence-electron chi connectivity index (χ1n) is 6.73. The third kappa shape index (κ3) is 2.21. The SMILES string of the molecule is C=CC1C(=C(CC)CC)Cc2cccc([N+](=O)[O-])c21. The minimum atomic E-state index is -0.282. The summed E-state index contributed by atoms with van der Waals surface area (Å²) in [5.41, 5.74) is 4.86. The zero-order valence-electron chi connectivity index (χ0n) is 11.5. The highest BCUT2D eigenvalue weighted by Crippen LogP contribution is 2.45. The van der Waals surface area contributed by atoms with Crippen molar-refractivity contribution in [1.82, 2.24) is 0 Å². The van der Waals surface area contributed by atoms with Gasteiger partial charge in [-0.25, -0.2) is 0 Å². The normalized spacial score (nSPS) is 17.2. The molecule has 0 N–H and O–H groups in total. The molecule has 0 fully saturated rings. The number of rotatable bonds is 4. The fourth-order valence-electron chi connectivity index (χ4n) is 3.07. The smallest absolute Gasteiger partial charge is 0.258 e. The van der Waals surface area contributed by atoms with Crippen LogP contribution < -0.4 is 0 Å². The van der Waals surface area contributed by atoms with Gasteiger partial charge in [0.05, 0.1) is 4.92 Å². The van der Waals surface area contributed by atoms with Gasteiger partial charge < -0.3 is 0 Å². The lowest BCUT2D eigenvalue weighted by Gasteiger charge is -2.13. The summed E-state index contributed by atoms with van der Waals surface area (Å²) >= 11 is 0. The maximum Gasteiger partial charge on any atom is 0.273 e. The molecule has 1 aliphatic rings. The molecule has 19 heavy (non-hydrogen) atoms. The highest BCUT2D eigenvalue weighted by molar-refractivity contribution is 5.59. The molecule has 0 saturated carbocycles. The molecular formula is C16H19NO2. The molecule has 0 amide bonds. The average molecular weight is 257 g/mol. The van der Waals surface area contributed by atoms with E-state index in [4.69, 9.17) is 0 Å². The third-order valence-corrected chi connectivity index (χ3v) is 3.98. The number of benzene rings is 1. The van der Waals surface area contributed by atoms with Crippen LogP contribution in [0.4, 0.5) is 5.69 Å². The average Bonchev–Trinajstić information content (AvgIpc) is 2.78. The second-order valence-electron chi connectivity index (χ2n) is 4.83. The maximum absolute atomic E-state index is 11.2. The minimum Gasteiger partial charge on any atom is -0.258 e. The Balaban J connectivity index is 2.63. The number of nitrogens with zero attached hydrogens (tertiary/aromatic N) is 1. The zero-order chi connectivity index (χ0) is 14.0. The van der Waals surface area contributed by atoms with Crippen molar-refractivity contribution in [2.24, 2.45) is 0 Å². The van der Waals surface area contributed by atoms with Crippen molar-refractivity contribution in [3.05, 3.63) is 63.2 Å². The van der Waals surface area contributed by atoms with Crippen LogP contribution in [0, 0.1) is 10.1 Å². The van der Waals surface area contributed by atoms with Crippen LogP contribution in [-0.4, -0.2) is 4.92 Å². The molecule has 0 bridgehead atoms. The Bertz CT molecular complexity index is 552. The van der Waals surface area contributed by atoms with Crippen LogP contribution in [0.1, 0.15) is 43.7 Å². The van der Waals surface area contributed by atoms with E-state index in [0.29, 0.717) is 0 Å². The fraction of sp³-hybridized carbons (Fsp3) is 0.375. The van der Waals surface area contributed by atoms with Gasteiger partial charge in [-0.15, -0.1) is 6.58 Å². The standard InChI is InChI=1S/C16H19NO2/c1-4-11(5-2)14-10-12-8-7-9-15(17(18)19)16(12)13(14)6-3/h6-9,13H,3-5,10H2,1-2H3. The Morgan fingerprint density at radius 2 is 2.16 bits per heavy atom. The summed E-state index contributed by atoms with van der Waals surface area (Å²) in [6, 6.07) is 5.36. The molecule has 1 unspecified atom stereocenters. The predicted octanol–water partition coefficient (Wildman–Crippen LogP) is 4.54. The lowest BCUT2D eigenvalue weighted by Crippen LogP contribution is -2.00. The van der Waals surface area contributed by atoms with Gasteiger partial charge in [-0.3, -0.25) is 10.1 Å². The van der Waals surface area contributed by atoms with E-state index < -0.39 is 0 Å². The summed E-state index contributed by atoms with van der Waals surface area (Å²) in [5, 5.41) is 11.2. The Labute approximate surface area is 113 Å². The first-order chi connectivity index (χ1) is 9.13. The van der Waals surface area contributed by atoms with Crippen LogP contribution in [0.15, 0.2) is 42.0 Å². The van der Waals surface area contributed by atoms with Crippen LogP contribution in [0.2, 0.25) is 0 Å². The summed E-state index contributed by atoms with van der Waals surface area (Å²) in [6.45, 7) is 8.17. The number of hydrogen-bond acceptors (Lipinski definition) is 2. The monoisotopic (exact) mass is 257 g/mol. The molecule has 0 radical (unpaired) electrons. The molecule has 3 heteroatoms. The molecule has 0 saturated heterocycles. The molecule has 1 atom stereocenters. The van der Waals surface area contributed by atoms with Gasteiger partial charge in [0.2, 0.25) is 0 Å². The summed E-state index contributed by atoms with van der Waals surface area (Å²) < 4.78 is 0.